The zero-order valence-electron chi connectivity index (χ0n) is 6.96. The zero-order valence-corrected chi connectivity index (χ0v) is 9.30. The average molecular weight is 261 g/mol. The largest absolute Gasteiger partial charge is 0.232 e. The van der Waals surface area contributed by atoms with Gasteiger partial charge in [-0.2, -0.15) is 5.10 Å². The first-order valence-corrected chi connectivity index (χ1v) is 5.08. The van der Waals surface area contributed by atoms with E-state index in [2.05, 4.69) is 26.0 Å². The van der Waals surface area contributed by atoms with Crippen LogP contribution in [-0.4, -0.2) is 14.6 Å². The number of aromatic nitrogens is 3. The molecule has 0 saturated heterocycles. The number of nitrogens with zero attached hydrogens (tertiary/aromatic N) is 3. The minimum Gasteiger partial charge on any atom is -0.232 e. The third kappa shape index (κ3) is 1.44. The molecule has 0 aliphatic heterocycles. The Bertz CT molecular complexity index is 452. The van der Waals surface area contributed by atoms with Crippen molar-refractivity contribution in [2.45, 2.75) is 13.3 Å². The highest BCUT2D eigenvalue weighted by atomic mass is 79.9. The molecule has 0 amide bonds. The van der Waals surface area contributed by atoms with Gasteiger partial charge in [0.05, 0.1) is 10.7 Å². The number of rotatable bonds is 1. The van der Waals surface area contributed by atoms with E-state index in [-0.39, 0.29) is 0 Å². The van der Waals surface area contributed by atoms with Crippen LogP contribution < -0.4 is 0 Å². The van der Waals surface area contributed by atoms with Crippen molar-refractivity contribution in [3.63, 3.8) is 0 Å². The Kier molecular flexibility index (Phi) is 2.26. The zero-order chi connectivity index (χ0) is 9.42. The van der Waals surface area contributed by atoms with Crippen molar-refractivity contribution in [2.24, 2.45) is 0 Å². The van der Waals surface area contributed by atoms with Gasteiger partial charge in [0.1, 0.15) is 5.15 Å². The predicted octanol–water partition coefficient (Wildman–Crippen LogP) is 2.71. The molecule has 3 nitrogen and oxygen atoms in total. The van der Waals surface area contributed by atoms with Gasteiger partial charge in [0, 0.05) is 5.69 Å². The minimum atomic E-state index is 0.590. The molecule has 0 saturated carbocycles. The standard InChI is InChI=1S/C8H7BrClN3/c1-2-5-3-7(10)13-8(12-5)6(9)4-11-13/h3-4H,2H2,1H3. The highest BCUT2D eigenvalue weighted by molar-refractivity contribution is 9.10. The number of fused-ring (bicyclic) bond motifs is 1. The summed E-state index contributed by atoms with van der Waals surface area (Å²) in [6.07, 6.45) is 2.56. The fourth-order valence-corrected chi connectivity index (χ4v) is 1.72. The summed E-state index contributed by atoms with van der Waals surface area (Å²) in [7, 11) is 0. The van der Waals surface area contributed by atoms with Gasteiger partial charge in [-0.1, -0.05) is 18.5 Å². The van der Waals surface area contributed by atoms with Gasteiger partial charge in [-0.25, -0.2) is 9.50 Å². The smallest absolute Gasteiger partial charge is 0.171 e. The molecule has 2 heterocycles. The van der Waals surface area contributed by atoms with E-state index in [0.717, 1.165) is 22.2 Å². The van der Waals surface area contributed by atoms with Gasteiger partial charge in [0.25, 0.3) is 0 Å². The number of hydrogen-bond donors (Lipinski definition) is 0. The molecule has 2 rings (SSSR count). The van der Waals surface area contributed by atoms with Crippen LogP contribution in [0.2, 0.25) is 5.15 Å². The van der Waals surface area contributed by atoms with Crippen molar-refractivity contribution in [2.75, 3.05) is 0 Å². The molecule has 0 radical (unpaired) electrons. The summed E-state index contributed by atoms with van der Waals surface area (Å²) in [6, 6.07) is 1.83. The van der Waals surface area contributed by atoms with Crippen molar-refractivity contribution >= 4 is 33.2 Å². The molecule has 2 aromatic rings. The van der Waals surface area contributed by atoms with E-state index in [4.69, 9.17) is 11.6 Å². The lowest BCUT2D eigenvalue weighted by molar-refractivity contribution is 0.913. The maximum Gasteiger partial charge on any atom is 0.171 e. The number of halogens is 2. The average Bonchev–Trinajstić information content (AvgIpc) is 2.48. The molecule has 0 aromatic carbocycles. The predicted molar refractivity (Wildman–Crippen MR) is 55.1 cm³/mol. The molecule has 0 aliphatic carbocycles. The van der Waals surface area contributed by atoms with Crippen molar-refractivity contribution in [1.82, 2.24) is 14.6 Å². The third-order valence-electron chi connectivity index (χ3n) is 1.80. The van der Waals surface area contributed by atoms with E-state index >= 15 is 0 Å². The van der Waals surface area contributed by atoms with E-state index in [1.54, 1.807) is 10.7 Å². The second kappa shape index (κ2) is 3.27. The van der Waals surface area contributed by atoms with Crippen molar-refractivity contribution < 1.29 is 0 Å². The highest BCUT2D eigenvalue weighted by Crippen LogP contribution is 2.20. The Morgan fingerprint density at radius 2 is 2.38 bits per heavy atom. The molecular weight excluding hydrogens is 253 g/mol. The van der Waals surface area contributed by atoms with E-state index in [9.17, 15) is 0 Å². The Balaban J connectivity index is 2.80. The van der Waals surface area contributed by atoms with Crippen LogP contribution in [-0.2, 0) is 6.42 Å². The molecule has 0 unspecified atom stereocenters. The maximum atomic E-state index is 5.99. The first-order chi connectivity index (χ1) is 6.22. The lowest BCUT2D eigenvalue weighted by atomic mass is 10.3. The van der Waals surface area contributed by atoms with Crippen LogP contribution in [0.4, 0.5) is 0 Å². The van der Waals surface area contributed by atoms with Crippen molar-refractivity contribution in [3.8, 4) is 0 Å². The Morgan fingerprint density at radius 3 is 3.08 bits per heavy atom. The molecule has 0 aliphatic rings. The van der Waals surface area contributed by atoms with E-state index < -0.39 is 0 Å². The topological polar surface area (TPSA) is 30.2 Å². The van der Waals surface area contributed by atoms with Crippen LogP contribution in [0.25, 0.3) is 5.65 Å². The lowest BCUT2D eigenvalue weighted by Crippen LogP contribution is -1.96. The van der Waals surface area contributed by atoms with E-state index in [0.29, 0.717) is 5.15 Å². The summed E-state index contributed by atoms with van der Waals surface area (Å²) in [5.74, 6) is 0. The Labute approximate surface area is 88.9 Å². The van der Waals surface area contributed by atoms with Gasteiger partial charge in [-0.3, -0.25) is 0 Å². The SMILES string of the molecule is CCc1cc(Cl)n2ncc(Br)c2n1. The fourth-order valence-electron chi connectivity index (χ4n) is 1.13. The summed E-state index contributed by atoms with van der Waals surface area (Å²) in [6.45, 7) is 2.04. The lowest BCUT2D eigenvalue weighted by Gasteiger charge is -2.00. The third-order valence-corrected chi connectivity index (χ3v) is 2.63. The normalized spacial score (nSPS) is 11.0. The molecular formula is C8H7BrClN3. The summed E-state index contributed by atoms with van der Waals surface area (Å²) < 4.78 is 2.47. The van der Waals surface area contributed by atoms with E-state index in [1.807, 2.05) is 13.0 Å². The molecule has 68 valence electrons. The molecule has 2 aromatic heterocycles. The summed E-state index contributed by atoms with van der Waals surface area (Å²) >= 11 is 9.35. The van der Waals surface area contributed by atoms with Gasteiger partial charge in [-0.15, -0.1) is 0 Å². The summed E-state index contributed by atoms with van der Waals surface area (Å²) in [5, 5.41) is 4.66. The minimum absolute atomic E-state index is 0.590. The van der Waals surface area contributed by atoms with Crippen molar-refractivity contribution in [3.05, 3.63) is 27.6 Å². The monoisotopic (exact) mass is 259 g/mol. The summed E-state index contributed by atoms with van der Waals surface area (Å²) in [5.41, 5.74) is 1.74. The van der Waals surface area contributed by atoms with Crippen LogP contribution in [0.3, 0.4) is 0 Å². The molecule has 0 atom stereocenters. The second-order valence-corrected chi connectivity index (χ2v) is 3.89. The second-order valence-electron chi connectivity index (χ2n) is 2.65. The molecule has 0 bridgehead atoms. The molecule has 0 spiro atoms. The van der Waals surface area contributed by atoms with Crippen LogP contribution in [0.5, 0.6) is 0 Å². The van der Waals surface area contributed by atoms with Gasteiger partial charge >= 0.3 is 0 Å². The molecule has 0 fully saturated rings. The van der Waals surface area contributed by atoms with Crippen LogP contribution in [0.1, 0.15) is 12.6 Å². The number of hydrogen-bond acceptors (Lipinski definition) is 2. The highest BCUT2D eigenvalue weighted by Gasteiger charge is 2.06. The maximum absolute atomic E-state index is 5.99. The molecule has 0 N–H and O–H groups in total. The summed E-state index contributed by atoms with van der Waals surface area (Å²) in [4.78, 5) is 4.38. The fraction of sp³-hybridized carbons (Fsp3) is 0.250. The van der Waals surface area contributed by atoms with Gasteiger partial charge in [0.15, 0.2) is 5.65 Å². The first-order valence-electron chi connectivity index (χ1n) is 3.91. The number of aryl methyl sites for hydroxylation is 1. The molecule has 5 heteroatoms. The first kappa shape index (κ1) is 8.97. The van der Waals surface area contributed by atoms with Gasteiger partial charge in [-0.05, 0) is 28.4 Å². The Morgan fingerprint density at radius 1 is 1.62 bits per heavy atom. The van der Waals surface area contributed by atoms with Gasteiger partial charge in [0.2, 0.25) is 0 Å². The van der Waals surface area contributed by atoms with Crippen LogP contribution in [0, 0.1) is 0 Å². The Hall–Kier alpha value is -0.610. The van der Waals surface area contributed by atoms with Crippen LogP contribution >= 0.6 is 27.5 Å². The van der Waals surface area contributed by atoms with Gasteiger partial charge < -0.3 is 0 Å². The quantitative estimate of drug-likeness (QED) is 0.738. The van der Waals surface area contributed by atoms with Crippen LogP contribution in [0.15, 0.2) is 16.7 Å². The molecule has 13 heavy (non-hydrogen) atoms. The van der Waals surface area contributed by atoms with E-state index in [1.165, 1.54) is 0 Å². The van der Waals surface area contributed by atoms with Crippen molar-refractivity contribution in [1.29, 1.82) is 0 Å².